The smallest absolute Gasteiger partial charge is 0.744 e. The molecule has 0 saturated carbocycles. The van der Waals surface area contributed by atoms with E-state index in [1.807, 2.05) is 0 Å². The first-order valence-electron chi connectivity index (χ1n) is 13.2. The first-order chi connectivity index (χ1) is 23.6. The van der Waals surface area contributed by atoms with Crippen molar-refractivity contribution < 1.29 is 189 Å². The molecule has 0 spiro atoms. The maximum absolute atomic E-state index is 12.4. The Kier molecular flexibility index (Phi) is 22.3. The molecule has 0 aliphatic carbocycles. The molecule has 30 heteroatoms. The minimum Gasteiger partial charge on any atom is -0.744 e. The van der Waals surface area contributed by atoms with Crippen molar-refractivity contribution >= 4 is 91.7 Å². The van der Waals surface area contributed by atoms with Crippen LogP contribution >= 0.6 is 12.0 Å². The Hall–Kier alpha value is -0.190. The SMILES string of the molecule is Cc1ccc(S(=O)(=O)[O-])c(N=Nc2c(SOO[O-])cc3cc(S(=O)(=O)[O-])c(N=Nc4ccc(S(=O)(=O)CCOS(=O)(=O)[O-])cc4)c(N)c3c2O)c1.[Na+].[Na+].[Na+].[Na+]. The van der Waals surface area contributed by atoms with Crippen molar-refractivity contribution in [1.82, 2.24) is 0 Å². The van der Waals surface area contributed by atoms with Gasteiger partial charge in [0, 0.05) is 0 Å². The van der Waals surface area contributed by atoms with Crippen LogP contribution in [0, 0.1) is 6.92 Å². The molecule has 0 aliphatic heterocycles. The van der Waals surface area contributed by atoms with Crippen molar-refractivity contribution in [3.63, 3.8) is 0 Å². The number of phenols is 1. The molecule has 0 aliphatic rings. The van der Waals surface area contributed by atoms with Crippen molar-refractivity contribution in [2.75, 3.05) is 18.1 Å². The predicted octanol–water partition coefficient (Wildman–Crippen LogP) is -9.43. The van der Waals surface area contributed by atoms with Crippen LogP contribution in [0.5, 0.6) is 5.75 Å². The molecule has 21 nitrogen and oxygen atoms in total. The zero-order chi connectivity index (χ0) is 37.9. The van der Waals surface area contributed by atoms with Crippen LogP contribution < -0.4 is 129 Å². The third kappa shape index (κ3) is 14.8. The van der Waals surface area contributed by atoms with Gasteiger partial charge in [0.05, 0.1) is 60.7 Å². The number of aromatic hydroxyl groups is 1. The number of nitrogen functional groups attached to an aromatic ring is 1. The van der Waals surface area contributed by atoms with E-state index in [2.05, 4.69) is 34.0 Å². The second-order valence-corrected chi connectivity index (χ2v) is 16.4. The van der Waals surface area contributed by atoms with Gasteiger partial charge in [-0.3, -0.25) is 9.22 Å². The van der Waals surface area contributed by atoms with Crippen LogP contribution in [-0.4, -0.2) is 64.8 Å². The molecule has 3 N–H and O–H groups in total. The summed E-state index contributed by atoms with van der Waals surface area (Å²) in [6.45, 7) is 0.599. The molecule has 0 amide bonds. The largest absolute Gasteiger partial charge is 1.00 e. The van der Waals surface area contributed by atoms with Crippen molar-refractivity contribution in [3.05, 3.63) is 60.2 Å². The summed E-state index contributed by atoms with van der Waals surface area (Å²) in [7, 11) is -19.7. The normalized spacial score (nSPS) is 12.2. The Morgan fingerprint density at radius 1 is 0.764 bits per heavy atom. The summed E-state index contributed by atoms with van der Waals surface area (Å²) in [5.74, 6) is -1.77. The van der Waals surface area contributed by atoms with E-state index in [-0.39, 0.29) is 151 Å². The maximum atomic E-state index is 12.4. The first kappa shape index (κ1) is 54.8. The Balaban J connectivity index is 0.00000729. The van der Waals surface area contributed by atoms with Crippen molar-refractivity contribution in [3.8, 4) is 5.75 Å². The molecule has 0 saturated heterocycles. The molecule has 4 aromatic rings. The van der Waals surface area contributed by atoms with Gasteiger partial charge in [-0.15, -0.1) is 15.3 Å². The number of rotatable bonds is 14. The molecule has 0 radical (unpaired) electrons. The number of hydrogen-bond donors (Lipinski definition) is 2. The van der Waals surface area contributed by atoms with Gasteiger partial charge >= 0.3 is 118 Å². The minimum absolute atomic E-state index is 0. The summed E-state index contributed by atoms with van der Waals surface area (Å²) in [4.78, 5) is -2.47. The zero-order valence-corrected chi connectivity index (χ0v) is 41.2. The van der Waals surface area contributed by atoms with E-state index in [1.165, 1.54) is 12.1 Å². The van der Waals surface area contributed by atoms with Gasteiger partial charge in [0.25, 0.3) is 0 Å². The Morgan fingerprint density at radius 2 is 1.35 bits per heavy atom. The van der Waals surface area contributed by atoms with Crippen LogP contribution in [-0.2, 0) is 54.0 Å². The van der Waals surface area contributed by atoms with E-state index >= 15 is 0 Å². The van der Waals surface area contributed by atoms with Crippen LogP contribution in [0.4, 0.5) is 28.4 Å². The second kappa shape index (κ2) is 22.4. The summed E-state index contributed by atoms with van der Waals surface area (Å²) in [5.41, 5.74) is 4.06. The third-order valence-corrected chi connectivity index (χ3v) is 10.9. The maximum Gasteiger partial charge on any atom is 1.00 e. The van der Waals surface area contributed by atoms with Gasteiger partial charge in [-0.2, -0.15) is 9.45 Å². The second-order valence-electron chi connectivity index (χ2n) is 9.85. The minimum atomic E-state index is -5.38. The van der Waals surface area contributed by atoms with Crippen LogP contribution in [0.1, 0.15) is 5.56 Å². The quantitative estimate of drug-likeness (QED) is 0.0173. The van der Waals surface area contributed by atoms with Crippen molar-refractivity contribution in [2.45, 2.75) is 26.5 Å². The molecule has 0 bridgehead atoms. The monoisotopic (exact) mass is 897 g/mol. The van der Waals surface area contributed by atoms with E-state index in [0.29, 0.717) is 5.56 Å². The number of benzene rings is 4. The van der Waals surface area contributed by atoms with E-state index in [1.54, 1.807) is 6.92 Å². The molecular formula is C25H19N5Na4O16S5. The van der Waals surface area contributed by atoms with Gasteiger partial charge in [-0.1, -0.05) is 6.07 Å². The third-order valence-electron chi connectivity index (χ3n) is 6.42. The van der Waals surface area contributed by atoms with Crippen LogP contribution in [0.15, 0.2) is 94.6 Å². The number of hydrogen-bond acceptors (Lipinski definition) is 22. The number of nitrogens with two attached hydrogens (primary N) is 1. The topological polar surface area (TPSA) is 352 Å². The van der Waals surface area contributed by atoms with Crippen LogP contribution in [0.25, 0.3) is 10.8 Å². The van der Waals surface area contributed by atoms with Crippen molar-refractivity contribution in [2.24, 2.45) is 20.5 Å². The summed E-state index contributed by atoms with van der Waals surface area (Å²) in [6, 6.07) is 9.46. The summed E-state index contributed by atoms with van der Waals surface area (Å²) in [5, 5.41) is 39.6. The van der Waals surface area contributed by atoms with E-state index < -0.39 is 96.5 Å². The van der Waals surface area contributed by atoms with E-state index in [0.717, 1.165) is 42.5 Å². The number of nitrogens with zero attached hydrogens (tertiary/aromatic N) is 4. The Labute approximate surface area is 406 Å². The fourth-order valence-electron chi connectivity index (χ4n) is 4.23. The van der Waals surface area contributed by atoms with E-state index in [4.69, 9.17) is 5.73 Å². The van der Waals surface area contributed by atoms with Gasteiger partial charge in [0.15, 0.2) is 15.6 Å². The Morgan fingerprint density at radius 3 is 1.89 bits per heavy atom. The molecule has 0 atom stereocenters. The first-order valence-corrected chi connectivity index (χ1v) is 19.7. The summed E-state index contributed by atoms with van der Waals surface area (Å²) >= 11 is 0.134. The molecule has 274 valence electrons. The number of fused-ring (bicyclic) bond motifs is 1. The Bertz CT molecular complexity index is 2530. The summed E-state index contributed by atoms with van der Waals surface area (Å²) in [6.07, 6.45) is 0. The number of phenolic OH excluding ortho intramolecular Hbond substituents is 1. The molecule has 0 fully saturated rings. The zero-order valence-electron chi connectivity index (χ0n) is 29.1. The fourth-order valence-corrected chi connectivity index (χ4v) is 7.45. The molecule has 0 heterocycles. The van der Waals surface area contributed by atoms with Gasteiger partial charge in [0.1, 0.15) is 37.3 Å². The number of aryl methyl sites for hydroxylation is 1. The van der Waals surface area contributed by atoms with Gasteiger partial charge in [-0.05, 0) is 66.4 Å². The fraction of sp³-hybridized carbons (Fsp3) is 0.120. The number of azo groups is 2. The standard InChI is InChI=1S/C25H23N5O16S5.4Na/c1-13-2-7-19(49(35,36)37)17(10-13)28-29-23-18(47-46-45-32)11-14-12-20(50(38,39)40)24(22(26)21(14)25(23)31)30-27-15-3-5-16(6-4-15)48(33,34)9-8-44-51(41,42)43;;;;/h2-7,10-12,31-32H,8-9,26H2,1H3,(H,35,36,37)(H,38,39,40)(H,41,42,43);;;;/q;4*+1/p-4. The molecule has 4 aromatic carbocycles. The predicted molar refractivity (Wildman–Crippen MR) is 168 cm³/mol. The molecule has 55 heavy (non-hydrogen) atoms. The number of sulfone groups is 1. The molecular weight excluding hydrogens is 879 g/mol. The molecule has 0 aromatic heterocycles. The van der Waals surface area contributed by atoms with Gasteiger partial charge in [0.2, 0.25) is 10.4 Å². The molecule has 4 rings (SSSR count). The number of anilines is 1. The van der Waals surface area contributed by atoms with Crippen molar-refractivity contribution in [1.29, 1.82) is 0 Å². The summed E-state index contributed by atoms with van der Waals surface area (Å²) < 4.78 is 137. The van der Waals surface area contributed by atoms with Crippen LogP contribution in [0.3, 0.4) is 0 Å². The average molecular weight is 898 g/mol. The average Bonchev–Trinajstić information content (AvgIpc) is 3.01. The van der Waals surface area contributed by atoms with Crippen LogP contribution in [0.2, 0.25) is 0 Å². The van der Waals surface area contributed by atoms with E-state index in [9.17, 15) is 57.7 Å². The van der Waals surface area contributed by atoms with Gasteiger partial charge < -0.3 is 29.8 Å². The van der Waals surface area contributed by atoms with Gasteiger partial charge in [-0.25, -0.2) is 33.7 Å². The molecule has 0 unspecified atom stereocenters.